The van der Waals surface area contributed by atoms with E-state index < -0.39 is 0 Å². The molecule has 0 atom stereocenters. The molecule has 0 rings (SSSR count). The summed E-state index contributed by atoms with van der Waals surface area (Å²) in [6.07, 6.45) is 5.83. The topological polar surface area (TPSA) is 29.5 Å². The van der Waals surface area contributed by atoms with Gasteiger partial charge in [-0.15, -0.1) is 0 Å². The van der Waals surface area contributed by atoms with Crippen LogP contribution in [0.2, 0.25) is 0 Å². The molecule has 46 valence electrons. The Morgan fingerprint density at radius 3 is 2.88 bits per heavy atom. The Morgan fingerprint density at radius 1 is 1.62 bits per heavy atom. The molecular formula is C6H10O2. The van der Waals surface area contributed by atoms with Crippen molar-refractivity contribution in [3.63, 3.8) is 0 Å². The first-order chi connectivity index (χ1) is 3.91. The molecule has 1 N–H and O–H groups in total. The van der Waals surface area contributed by atoms with Gasteiger partial charge < -0.3 is 9.84 Å². The maximum absolute atomic E-state index is 7.88. The predicted molar refractivity (Wildman–Crippen MR) is 30.6 cm³/mol. The lowest BCUT2D eigenvalue weighted by molar-refractivity contribution is 0.266. The van der Waals surface area contributed by atoms with Gasteiger partial charge in [-0.2, -0.15) is 0 Å². The molecule has 0 aliphatic heterocycles. The highest BCUT2D eigenvalue weighted by Gasteiger charge is 1.78. The van der Waals surface area contributed by atoms with Gasteiger partial charge in [-0.25, -0.2) is 0 Å². The summed E-state index contributed by atoms with van der Waals surface area (Å²) in [6.45, 7) is 2.68. The van der Waals surface area contributed by atoms with Crippen molar-refractivity contribution < 1.29 is 9.84 Å². The Bertz CT molecular complexity index is 88.4. The zero-order chi connectivity index (χ0) is 6.24. The fourth-order valence-electron chi connectivity index (χ4n) is 0.300. The van der Waals surface area contributed by atoms with Crippen molar-refractivity contribution in [1.82, 2.24) is 0 Å². The molecule has 2 nitrogen and oxygen atoms in total. The second kappa shape index (κ2) is 6.16. The van der Waals surface area contributed by atoms with Crippen molar-refractivity contribution >= 4 is 0 Å². The van der Waals surface area contributed by atoms with Crippen molar-refractivity contribution in [1.29, 1.82) is 0 Å². The molecule has 0 amide bonds. The van der Waals surface area contributed by atoms with Gasteiger partial charge >= 0.3 is 0 Å². The third kappa shape index (κ3) is 5.16. The Hall–Kier alpha value is -0.840. The van der Waals surface area contributed by atoms with Crippen LogP contribution >= 0.6 is 0 Å². The Kier molecular flexibility index (Phi) is 5.51. The van der Waals surface area contributed by atoms with Crippen LogP contribution in [0.5, 0.6) is 0 Å². The van der Waals surface area contributed by atoms with Gasteiger partial charge in [-0.3, -0.25) is 0 Å². The van der Waals surface area contributed by atoms with Crippen LogP contribution in [0.4, 0.5) is 0 Å². The molecule has 0 aromatic rings. The molecule has 0 heterocycles. The molecule has 0 fully saturated rings. The molecular weight excluding hydrogens is 104 g/mol. The second-order valence-corrected chi connectivity index (χ2v) is 1.42. The van der Waals surface area contributed by atoms with Gasteiger partial charge in [0.15, 0.2) is 12.2 Å². The first-order valence-electron chi connectivity index (χ1n) is 2.67. The standard InChI is InChI=1S/C6H10O2/c1-2-3-5-8-6-4-7/h7H,2-3,5H2,1H3. The highest BCUT2D eigenvalue weighted by Crippen LogP contribution is 1.84. The van der Waals surface area contributed by atoms with Crippen molar-refractivity contribution in [2.24, 2.45) is 0 Å². The Labute approximate surface area is 49.5 Å². The molecule has 0 aliphatic carbocycles. The van der Waals surface area contributed by atoms with Crippen LogP contribution in [0, 0.1) is 12.2 Å². The van der Waals surface area contributed by atoms with Crippen LogP contribution in [0.1, 0.15) is 19.8 Å². The van der Waals surface area contributed by atoms with E-state index in [2.05, 4.69) is 17.8 Å². The van der Waals surface area contributed by atoms with Gasteiger partial charge in [-0.05, 0) is 6.42 Å². The van der Waals surface area contributed by atoms with Crippen LogP contribution < -0.4 is 0 Å². The number of hydrogen-bond donors (Lipinski definition) is 1. The first kappa shape index (κ1) is 7.16. The number of rotatable bonds is 3. The monoisotopic (exact) mass is 114 g/mol. The van der Waals surface area contributed by atoms with Crippen LogP contribution in [0.3, 0.4) is 0 Å². The summed E-state index contributed by atoms with van der Waals surface area (Å²) in [4.78, 5) is 0. The van der Waals surface area contributed by atoms with Crippen LogP contribution in [0.25, 0.3) is 0 Å². The molecule has 0 aliphatic rings. The smallest absolute Gasteiger partial charge is 0.154 e. The van der Waals surface area contributed by atoms with E-state index in [9.17, 15) is 0 Å². The van der Waals surface area contributed by atoms with Crippen molar-refractivity contribution in [2.75, 3.05) is 6.61 Å². The van der Waals surface area contributed by atoms with Gasteiger partial charge in [0.05, 0.1) is 0 Å². The quantitative estimate of drug-likeness (QED) is 0.439. The van der Waals surface area contributed by atoms with Crippen LogP contribution in [-0.4, -0.2) is 11.7 Å². The summed E-state index contributed by atoms with van der Waals surface area (Å²) in [7, 11) is 0. The Balaban J connectivity index is 2.79. The Morgan fingerprint density at radius 2 is 2.38 bits per heavy atom. The second-order valence-electron chi connectivity index (χ2n) is 1.42. The van der Waals surface area contributed by atoms with Crippen LogP contribution in [-0.2, 0) is 4.74 Å². The lowest BCUT2D eigenvalue weighted by atomic mass is 10.4. The number of aliphatic hydroxyl groups is 1. The van der Waals surface area contributed by atoms with Gasteiger partial charge in [0, 0.05) is 0 Å². The highest BCUT2D eigenvalue weighted by molar-refractivity contribution is 4.76. The number of aliphatic hydroxyl groups excluding tert-OH is 1. The largest absolute Gasteiger partial charge is 0.460 e. The summed E-state index contributed by atoms with van der Waals surface area (Å²) in [6, 6.07) is 0. The molecule has 2 heteroatoms. The van der Waals surface area contributed by atoms with Crippen molar-refractivity contribution in [2.45, 2.75) is 19.8 Å². The fraction of sp³-hybridized carbons (Fsp3) is 0.667. The lowest BCUT2D eigenvalue weighted by Gasteiger charge is -1.90. The third-order valence-corrected chi connectivity index (χ3v) is 0.718. The number of ether oxygens (including phenoxy) is 1. The first-order valence-corrected chi connectivity index (χ1v) is 2.67. The maximum Gasteiger partial charge on any atom is 0.154 e. The molecule has 0 radical (unpaired) electrons. The average molecular weight is 114 g/mol. The number of unbranched alkanes of at least 4 members (excludes halogenated alkanes) is 1. The van der Waals surface area contributed by atoms with E-state index in [1.807, 2.05) is 0 Å². The summed E-state index contributed by atoms with van der Waals surface area (Å²) in [5.41, 5.74) is 0. The van der Waals surface area contributed by atoms with Gasteiger partial charge in [0.1, 0.15) is 6.61 Å². The molecule has 0 unspecified atom stereocenters. The van der Waals surface area contributed by atoms with Crippen molar-refractivity contribution in [3.8, 4) is 12.2 Å². The maximum atomic E-state index is 7.88. The van der Waals surface area contributed by atoms with E-state index in [-0.39, 0.29) is 0 Å². The fourth-order valence-corrected chi connectivity index (χ4v) is 0.300. The molecule has 0 bridgehead atoms. The molecule has 0 saturated heterocycles. The summed E-state index contributed by atoms with van der Waals surface area (Å²) in [5, 5.41) is 7.88. The average Bonchev–Trinajstić information content (AvgIpc) is 1.81. The molecule has 0 spiro atoms. The van der Waals surface area contributed by atoms with E-state index in [1.54, 1.807) is 6.11 Å². The minimum Gasteiger partial charge on any atom is -0.460 e. The van der Waals surface area contributed by atoms with Gasteiger partial charge in [-0.1, -0.05) is 13.3 Å². The molecule has 8 heavy (non-hydrogen) atoms. The molecule has 0 aromatic heterocycles. The highest BCUT2D eigenvalue weighted by atomic mass is 16.5. The van der Waals surface area contributed by atoms with E-state index in [4.69, 9.17) is 5.11 Å². The summed E-state index contributed by atoms with van der Waals surface area (Å²) in [5.74, 6) is 0. The predicted octanol–water partition coefficient (Wildman–Crippen LogP) is 1.09. The van der Waals surface area contributed by atoms with Crippen LogP contribution in [0.15, 0.2) is 0 Å². The lowest BCUT2D eigenvalue weighted by Crippen LogP contribution is -1.84. The minimum absolute atomic E-state index is 0.615. The van der Waals surface area contributed by atoms with E-state index in [0.29, 0.717) is 6.61 Å². The molecule has 0 saturated carbocycles. The molecule has 0 aromatic carbocycles. The SMILES string of the molecule is CCCCOC#CO. The van der Waals surface area contributed by atoms with Gasteiger partial charge in [0.2, 0.25) is 0 Å². The van der Waals surface area contributed by atoms with E-state index >= 15 is 0 Å². The minimum atomic E-state index is 0.615. The zero-order valence-corrected chi connectivity index (χ0v) is 4.98. The van der Waals surface area contributed by atoms with E-state index in [0.717, 1.165) is 12.8 Å². The van der Waals surface area contributed by atoms with E-state index in [1.165, 1.54) is 0 Å². The third-order valence-electron chi connectivity index (χ3n) is 0.718. The van der Waals surface area contributed by atoms with Crippen molar-refractivity contribution in [3.05, 3.63) is 0 Å². The summed E-state index contributed by atoms with van der Waals surface area (Å²) >= 11 is 0. The zero-order valence-electron chi connectivity index (χ0n) is 4.98. The number of hydrogen-bond acceptors (Lipinski definition) is 2. The van der Waals surface area contributed by atoms with Gasteiger partial charge in [0.25, 0.3) is 0 Å². The summed E-state index contributed by atoms with van der Waals surface area (Å²) < 4.78 is 4.61. The normalized spacial score (nSPS) is 7.12.